The minimum absolute atomic E-state index is 0.152. The molecule has 13 heteroatoms. The second-order valence-electron chi connectivity index (χ2n) is 8.28. The van der Waals surface area contributed by atoms with Crippen molar-refractivity contribution in [2.24, 2.45) is 7.05 Å². The van der Waals surface area contributed by atoms with Gasteiger partial charge in [-0.15, -0.1) is 0 Å². The molecule has 0 amide bonds. The first-order valence-corrected chi connectivity index (χ1v) is 10.6. The molecule has 3 aromatic heterocycles. The van der Waals surface area contributed by atoms with E-state index in [-0.39, 0.29) is 28.7 Å². The Morgan fingerprint density at radius 3 is 2.54 bits per heavy atom. The summed E-state index contributed by atoms with van der Waals surface area (Å²) in [7, 11) is 1.49. The summed E-state index contributed by atoms with van der Waals surface area (Å²) < 4.78 is 69.6. The highest BCUT2D eigenvalue weighted by atomic mass is 19.4. The van der Waals surface area contributed by atoms with Crippen LogP contribution in [0.3, 0.4) is 0 Å². The van der Waals surface area contributed by atoms with Gasteiger partial charge < -0.3 is 10.0 Å². The number of halogens is 5. The Bertz CT molecular complexity index is 1410. The summed E-state index contributed by atoms with van der Waals surface area (Å²) in [6.45, 7) is 1.30. The smallest absolute Gasteiger partial charge is 0.419 e. The lowest BCUT2D eigenvalue weighted by molar-refractivity contribution is -0.140. The number of aromatic hydroxyl groups is 1. The average molecular weight is 491 g/mol. The van der Waals surface area contributed by atoms with E-state index in [2.05, 4.69) is 25.0 Å². The number of piperidine rings is 1. The molecule has 8 nitrogen and oxygen atoms in total. The number of hydrogen-bond acceptors (Lipinski definition) is 7. The van der Waals surface area contributed by atoms with Crippen molar-refractivity contribution in [1.29, 1.82) is 0 Å². The first-order chi connectivity index (χ1) is 16.6. The van der Waals surface area contributed by atoms with Crippen LogP contribution in [0.15, 0.2) is 31.0 Å². The van der Waals surface area contributed by atoms with Gasteiger partial charge in [-0.05, 0) is 24.5 Å². The summed E-state index contributed by atoms with van der Waals surface area (Å²) in [5, 5.41) is 13.9. The van der Waals surface area contributed by atoms with Crippen LogP contribution in [0.4, 0.5) is 27.9 Å². The molecule has 0 bridgehead atoms. The van der Waals surface area contributed by atoms with Gasteiger partial charge in [-0.2, -0.15) is 23.3 Å². The van der Waals surface area contributed by atoms with Crippen molar-refractivity contribution in [3.63, 3.8) is 0 Å². The molecule has 0 aliphatic carbocycles. The van der Waals surface area contributed by atoms with Crippen molar-refractivity contribution in [3.05, 3.63) is 53.7 Å². The number of alkyl halides is 3. The van der Waals surface area contributed by atoms with Crippen LogP contribution in [0.5, 0.6) is 5.75 Å². The molecular weight excluding hydrogens is 473 g/mol. The Labute approximate surface area is 195 Å². The number of fused-ring (bicyclic) bond motifs is 1. The molecule has 0 radical (unpaired) electrons. The molecule has 0 saturated carbocycles. The maximum atomic E-state index is 14.7. The van der Waals surface area contributed by atoms with Gasteiger partial charge in [0.05, 0.1) is 10.9 Å². The summed E-state index contributed by atoms with van der Waals surface area (Å²) in [4.78, 5) is 19.0. The maximum Gasteiger partial charge on any atom is 0.419 e. The number of aromatic nitrogens is 6. The van der Waals surface area contributed by atoms with Gasteiger partial charge in [-0.3, -0.25) is 0 Å². The Morgan fingerprint density at radius 2 is 1.83 bits per heavy atom. The van der Waals surface area contributed by atoms with Gasteiger partial charge in [-0.1, -0.05) is 0 Å². The standard InChI is InChI=1S/C22H18F5N7O/c1-33-20-14(18(32-33)13-5-15(22(25,26)27)17(24)19(35)16(13)23)8-30-21(31-20)34-4-2-3-11(9-34)12-6-28-10-29-7-12/h5-8,10-11,35H,2-4,9H2,1H3. The minimum atomic E-state index is -5.15. The molecule has 1 aliphatic heterocycles. The lowest BCUT2D eigenvalue weighted by atomic mass is 9.93. The monoisotopic (exact) mass is 491 g/mol. The van der Waals surface area contributed by atoms with Crippen molar-refractivity contribution in [3.8, 4) is 17.0 Å². The number of phenolic OH excluding ortho intramolecular Hbond substituents is 1. The molecule has 1 N–H and O–H groups in total. The summed E-state index contributed by atoms with van der Waals surface area (Å²) in [6.07, 6.45) is 2.99. The lowest BCUT2D eigenvalue weighted by Crippen LogP contribution is -2.35. The number of hydrogen-bond donors (Lipinski definition) is 1. The van der Waals surface area contributed by atoms with Crippen LogP contribution in [-0.4, -0.2) is 47.9 Å². The highest BCUT2D eigenvalue weighted by Gasteiger charge is 2.38. The number of benzene rings is 1. The summed E-state index contributed by atoms with van der Waals surface area (Å²) in [5.74, 6) is -4.81. The highest BCUT2D eigenvalue weighted by molar-refractivity contribution is 5.91. The molecule has 1 saturated heterocycles. The lowest BCUT2D eigenvalue weighted by Gasteiger charge is -2.32. The topological polar surface area (TPSA) is 92.8 Å². The average Bonchev–Trinajstić information content (AvgIpc) is 3.18. The molecule has 4 aromatic rings. The van der Waals surface area contributed by atoms with Gasteiger partial charge in [0.1, 0.15) is 12.0 Å². The molecule has 35 heavy (non-hydrogen) atoms. The first-order valence-electron chi connectivity index (χ1n) is 10.6. The fraction of sp³-hybridized carbons (Fsp3) is 0.318. The quantitative estimate of drug-likeness (QED) is 0.429. The summed E-state index contributed by atoms with van der Waals surface area (Å²) in [6, 6.07) is 0.289. The van der Waals surface area contributed by atoms with Gasteiger partial charge in [0.15, 0.2) is 23.0 Å². The highest BCUT2D eigenvalue weighted by Crippen LogP contribution is 2.41. The Kier molecular flexibility index (Phi) is 5.49. The van der Waals surface area contributed by atoms with Gasteiger partial charge in [0.25, 0.3) is 0 Å². The molecule has 1 unspecified atom stereocenters. The third-order valence-electron chi connectivity index (χ3n) is 6.06. The van der Waals surface area contributed by atoms with Crippen LogP contribution in [0.1, 0.15) is 29.9 Å². The zero-order valence-corrected chi connectivity index (χ0v) is 18.3. The largest absolute Gasteiger partial charge is 0.503 e. The van der Waals surface area contributed by atoms with Gasteiger partial charge in [-0.25, -0.2) is 28.4 Å². The van der Waals surface area contributed by atoms with E-state index in [0.717, 1.165) is 18.4 Å². The second-order valence-corrected chi connectivity index (χ2v) is 8.28. The van der Waals surface area contributed by atoms with E-state index >= 15 is 0 Å². The Morgan fingerprint density at radius 1 is 1.09 bits per heavy atom. The van der Waals surface area contributed by atoms with Gasteiger partial charge in [0, 0.05) is 50.2 Å². The first kappa shape index (κ1) is 22.9. The number of rotatable bonds is 3. The second kappa shape index (κ2) is 8.40. The van der Waals surface area contributed by atoms with Crippen molar-refractivity contribution in [1.82, 2.24) is 29.7 Å². The van der Waals surface area contributed by atoms with Crippen LogP contribution < -0.4 is 4.90 Å². The Balaban J connectivity index is 1.54. The van der Waals surface area contributed by atoms with E-state index in [1.807, 2.05) is 4.90 Å². The SMILES string of the molecule is Cn1nc(-c2cc(C(F)(F)F)c(F)c(O)c2F)c2cnc(N3CCCC(c4cncnc4)C3)nc21. The van der Waals surface area contributed by atoms with Crippen molar-refractivity contribution < 1.29 is 27.1 Å². The van der Waals surface area contributed by atoms with E-state index in [9.17, 15) is 27.1 Å². The van der Waals surface area contributed by atoms with E-state index < -0.39 is 34.7 Å². The van der Waals surface area contributed by atoms with Crippen molar-refractivity contribution in [2.45, 2.75) is 24.9 Å². The summed E-state index contributed by atoms with van der Waals surface area (Å²) >= 11 is 0. The number of nitrogens with zero attached hydrogens (tertiary/aromatic N) is 7. The minimum Gasteiger partial charge on any atom is -0.503 e. The molecular formula is C22H18F5N7O. The maximum absolute atomic E-state index is 14.7. The van der Waals surface area contributed by atoms with Gasteiger partial charge >= 0.3 is 6.18 Å². The predicted molar refractivity (Wildman–Crippen MR) is 115 cm³/mol. The number of phenols is 1. The Hall–Kier alpha value is -3.90. The van der Waals surface area contributed by atoms with E-state index in [1.165, 1.54) is 24.3 Å². The fourth-order valence-electron chi connectivity index (χ4n) is 4.33. The van der Waals surface area contributed by atoms with E-state index in [1.54, 1.807) is 12.4 Å². The molecule has 1 fully saturated rings. The van der Waals surface area contributed by atoms with Crippen LogP contribution in [0.25, 0.3) is 22.3 Å². The fourth-order valence-corrected chi connectivity index (χ4v) is 4.33. The predicted octanol–water partition coefficient (Wildman–Crippen LogP) is 4.21. The third kappa shape index (κ3) is 4.00. The normalized spacial score (nSPS) is 16.7. The molecule has 1 atom stereocenters. The zero-order chi connectivity index (χ0) is 24.9. The van der Waals surface area contributed by atoms with Crippen LogP contribution >= 0.6 is 0 Å². The molecule has 4 heterocycles. The van der Waals surface area contributed by atoms with Crippen molar-refractivity contribution in [2.75, 3.05) is 18.0 Å². The van der Waals surface area contributed by atoms with E-state index in [4.69, 9.17) is 0 Å². The molecule has 1 aromatic carbocycles. The summed E-state index contributed by atoms with van der Waals surface area (Å²) in [5.41, 5.74) is -1.52. The zero-order valence-electron chi connectivity index (χ0n) is 18.3. The molecule has 5 rings (SSSR count). The van der Waals surface area contributed by atoms with Gasteiger partial charge in [0.2, 0.25) is 5.95 Å². The molecule has 182 valence electrons. The number of aryl methyl sites for hydroxylation is 1. The van der Waals surface area contributed by atoms with Crippen LogP contribution in [0.2, 0.25) is 0 Å². The van der Waals surface area contributed by atoms with E-state index in [0.29, 0.717) is 19.0 Å². The van der Waals surface area contributed by atoms with Crippen LogP contribution in [0, 0.1) is 11.6 Å². The molecule has 1 aliphatic rings. The molecule has 0 spiro atoms. The third-order valence-corrected chi connectivity index (χ3v) is 6.06. The van der Waals surface area contributed by atoms with Crippen LogP contribution in [-0.2, 0) is 13.2 Å². The van der Waals surface area contributed by atoms with Crippen molar-refractivity contribution >= 4 is 17.0 Å². The number of anilines is 1.